The van der Waals surface area contributed by atoms with E-state index in [1.165, 1.54) is 15.9 Å². The Kier molecular flexibility index (Phi) is 5.76. The van der Waals surface area contributed by atoms with Crippen LogP contribution in [0.5, 0.6) is 0 Å². The fraction of sp³-hybridized carbons (Fsp3) is 0.0952. The zero-order valence-electron chi connectivity index (χ0n) is 15.5. The van der Waals surface area contributed by atoms with Gasteiger partial charge in [-0.1, -0.05) is 35.3 Å². The fourth-order valence-corrected chi connectivity index (χ4v) is 4.14. The van der Waals surface area contributed by atoms with Crippen LogP contribution in [0.25, 0.3) is 15.9 Å². The SMILES string of the molecule is O=C(Cn1c(=O)n(-c2ccc(Cl)cc2)c(=O)c2sccc21)NCc1ccc(Cl)cc1. The number of benzene rings is 2. The molecule has 4 aromatic rings. The molecule has 1 amide bonds. The highest BCUT2D eigenvalue weighted by Crippen LogP contribution is 2.17. The van der Waals surface area contributed by atoms with Crippen molar-refractivity contribution in [3.05, 3.63) is 96.4 Å². The third kappa shape index (κ3) is 4.05. The first-order valence-corrected chi connectivity index (χ1v) is 10.6. The number of fused-ring (bicyclic) bond motifs is 1. The van der Waals surface area contributed by atoms with Gasteiger partial charge in [0.15, 0.2) is 0 Å². The normalized spacial score (nSPS) is 11.0. The van der Waals surface area contributed by atoms with E-state index in [-0.39, 0.29) is 12.5 Å². The molecule has 0 radical (unpaired) electrons. The number of amides is 1. The lowest BCUT2D eigenvalue weighted by atomic mass is 10.2. The number of thiophene rings is 1. The van der Waals surface area contributed by atoms with E-state index in [2.05, 4.69) is 5.32 Å². The van der Waals surface area contributed by atoms with E-state index in [1.807, 2.05) is 12.1 Å². The van der Waals surface area contributed by atoms with Gasteiger partial charge in [0.05, 0.1) is 11.2 Å². The molecule has 4 rings (SSSR count). The lowest BCUT2D eigenvalue weighted by molar-refractivity contribution is -0.121. The maximum Gasteiger partial charge on any atom is 0.336 e. The Balaban J connectivity index is 1.68. The van der Waals surface area contributed by atoms with Gasteiger partial charge in [0.25, 0.3) is 5.56 Å². The predicted octanol–water partition coefficient (Wildman–Crippen LogP) is 3.84. The van der Waals surface area contributed by atoms with Gasteiger partial charge >= 0.3 is 5.69 Å². The minimum absolute atomic E-state index is 0.215. The number of halogens is 2. The summed E-state index contributed by atoms with van der Waals surface area (Å²) in [5.74, 6) is -0.346. The van der Waals surface area contributed by atoms with Gasteiger partial charge in [-0.2, -0.15) is 0 Å². The monoisotopic (exact) mass is 459 g/mol. The number of hydrogen-bond acceptors (Lipinski definition) is 4. The summed E-state index contributed by atoms with van der Waals surface area (Å²) in [6, 6.07) is 15.2. The molecular weight excluding hydrogens is 445 g/mol. The Hall–Kier alpha value is -2.87. The van der Waals surface area contributed by atoms with Gasteiger partial charge in [0.1, 0.15) is 11.2 Å². The predicted molar refractivity (Wildman–Crippen MR) is 120 cm³/mol. The Morgan fingerprint density at radius 1 is 0.933 bits per heavy atom. The Bertz CT molecular complexity index is 1340. The summed E-state index contributed by atoms with van der Waals surface area (Å²) in [5.41, 5.74) is 0.689. The van der Waals surface area contributed by atoms with Crippen LogP contribution in [-0.2, 0) is 17.9 Å². The summed E-state index contributed by atoms with van der Waals surface area (Å²) >= 11 is 13.0. The van der Waals surface area contributed by atoms with Gasteiger partial charge in [-0.25, -0.2) is 9.36 Å². The minimum Gasteiger partial charge on any atom is -0.350 e. The van der Waals surface area contributed by atoms with Crippen molar-refractivity contribution in [1.82, 2.24) is 14.5 Å². The summed E-state index contributed by atoms with van der Waals surface area (Å²) in [6.07, 6.45) is 0. The largest absolute Gasteiger partial charge is 0.350 e. The van der Waals surface area contributed by atoms with E-state index < -0.39 is 11.2 Å². The van der Waals surface area contributed by atoms with Crippen molar-refractivity contribution in [2.24, 2.45) is 0 Å². The molecule has 0 aliphatic carbocycles. The van der Waals surface area contributed by atoms with Crippen LogP contribution in [0.15, 0.2) is 69.6 Å². The van der Waals surface area contributed by atoms with Gasteiger partial charge in [-0.05, 0) is 53.4 Å². The number of carbonyl (C=O) groups excluding carboxylic acids is 1. The molecule has 30 heavy (non-hydrogen) atoms. The summed E-state index contributed by atoms with van der Waals surface area (Å²) < 4.78 is 2.76. The van der Waals surface area contributed by atoms with Crippen molar-refractivity contribution in [2.45, 2.75) is 13.1 Å². The molecule has 0 unspecified atom stereocenters. The van der Waals surface area contributed by atoms with Crippen molar-refractivity contribution in [3.8, 4) is 5.69 Å². The lowest BCUT2D eigenvalue weighted by Crippen LogP contribution is -2.41. The van der Waals surface area contributed by atoms with E-state index in [1.54, 1.807) is 47.8 Å². The van der Waals surface area contributed by atoms with Crippen molar-refractivity contribution in [2.75, 3.05) is 0 Å². The standard InChI is InChI=1S/C21H15Cl2N3O3S/c22-14-3-1-13(2-4-14)11-24-18(27)12-25-17-9-10-30-19(17)20(28)26(21(25)29)16-7-5-15(23)6-8-16/h1-10H,11-12H2,(H,24,27). The van der Waals surface area contributed by atoms with E-state index >= 15 is 0 Å². The first-order chi connectivity index (χ1) is 14.4. The molecule has 2 heterocycles. The quantitative estimate of drug-likeness (QED) is 0.492. The highest BCUT2D eigenvalue weighted by Gasteiger charge is 2.17. The van der Waals surface area contributed by atoms with Crippen LogP contribution >= 0.6 is 34.5 Å². The van der Waals surface area contributed by atoms with Crippen LogP contribution in [0.3, 0.4) is 0 Å². The first kappa shape index (κ1) is 20.4. The van der Waals surface area contributed by atoms with Crippen molar-refractivity contribution in [1.29, 1.82) is 0 Å². The zero-order chi connectivity index (χ0) is 21.3. The van der Waals surface area contributed by atoms with Crippen molar-refractivity contribution < 1.29 is 4.79 Å². The second-order valence-corrected chi connectivity index (χ2v) is 8.31. The number of nitrogens with one attached hydrogen (secondary N) is 1. The van der Waals surface area contributed by atoms with E-state index in [0.29, 0.717) is 32.5 Å². The fourth-order valence-electron chi connectivity index (χ4n) is 3.06. The van der Waals surface area contributed by atoms with Gasteiger partial charge in [-0.15, -0.1) is 11.3 Å². The Morgan fingerprint density at radius 2 is 1.57 bits per heavy atom. The van der Waals surface area contributed by atoms with Gasteiger partial charge < -0.3 is 5.32 Å². The van der Waals surface area contributed by atoms with Crippen LogP contribution in [0, 0.1) is 0 Å². The van der Waals surface area contributed by atoms with E-state index in [0.717, 1.165) is 10.1 Å². The van der Waals surface area contributed by atoms with Crippen LogP contribution < -0.4 is 16.6 Å². The highest BCUT2D eigenvalue weighted by molar-refractivity contribution is 7.17. The molecule has 0 saturated heterocycles. The van der Waals surface area contributed by atoms with Crippen molar-refractivity contribution in [3.63, 3.8) is 0 Å². The van der Waals surface area contributed by atoms with Crippen LogP contribution in [0.4, 0.5) is 0 Å². The molecule has 0 saturated carbocycles. The molecule has 0 aliphatic heterocycles. The first-order valence-electron chi connectivity index (χ1n) is 8.94. The summed E-state index contributed by atoms with van der Waals surface area (Å²) in [5, 5.41) is 5.61. The topological polar surface area (TPSA) is 73.1 Å². The van der Waals surface area contributed by atoms with Gasteiger partial charge in [0, 0.05) is 16.6 Å². The van der Waals surface area contributed by atoms with Crippen LogP contribution in [0.2, 0.25) is 10.0 Å². The smallest absolute Gasteiger partial charge is 0.336 e. The van der Waals surface area contributed by atoms with Crippen molar-refractivity contribution >= 4 is 50.7 Å². The van der Waals surface area contributed by atoms with Crippen LogP contribution in [0.1, 0.15) is 5.56 Å². The summed E-state index contributed by atoms with van der Waals surface area (Å²) in [6.45, 7) is 0.0852. The Morgan fingerprint density at radius 3 is 2.23 bits per heavy atom. The molecule has 0 aliphatic rings. The zero-order valence-corrected chi connectivity index (χ0v) is 17.8. The molecule has 2 aromatic heterocycles. The molecule has 0 atom stereocenters. The molecule has 152 valence electrons. The molecular formula is C21H15Cl2N3O3S. The lowest BCUT2D eigenvalue weighted by Gasteiger charge is -2.12. The average Bonchev–Trinajstić information content (AvgIpc) is 3.22. The molecule has 0 bridgehead atoms. The minimum atomic E-state index is -0.588. The number of carbonyl (C=O) groups is 1. The van der Waals surface area contributed by atoms with Gasteiger partial charge in [0.2, 0.25) is 5.91 Å². The number of hydrogen-bond donors (Lipinski definition) is 1. The number of aromatic nitrogens is 2. The highest BCUT2D eigenvalue weighted by atomic mass is 35.5. The summed E-state index contributed by atoms with van der Waals surface area (Å²) in [4.78, 5) is 38.6. The van der Waals surface area contributed by atoms with Crippen LogP contribution in [-0.4, -0.2) is 15.0 Å². The third-order valence-electron chi connectivity index (χ3n) is 4.54. The number of nitrogens with zero attached hydrogens (tertiary/aromatic N) is 2. The molecule has 9 heteroatoms. The van der Waals surface area contributed by atoms with Gasteiger partial charge in [-0.3, -0.25) is 14.2 Å². The molecule has 0 fully saturated rings. The molecule has 2 aromatic carbocycles. The second-order valence-electron chi connectivity index (χ2n) is 6.52. The maximum atomic E-state index is 13.1. The Labute approximate surface area is 184 Å². The van der Waals surface area contributed by atoms with E-state index in [9.17, 15) is 14.4 Å². The molecule has 0 spiro atoms. The van der Waals surface area contributed by atoms with E-state index in [4.69, 9.17) is 23.2 Å². The number of rotatable bonds is 5. The second kappa shape index (κ2) is 8.47. The average molecular weight is 460 g/mol. The molecule has 1 N–H and O–H groups in total. The maximum absolute atomic E-state index is 13.1. The summed E-state index contributed by atoms with van der Waals surface area (Å²) in [7, 11) is 0. The molecule has 6 nitrogen and oxygen atoms in total. The third-order valence-corrected chi connectivity index (χ3v) is 5.94.